The van der Waals surface area contributed by atoms with E-state index >= 15 is 0 Å². The van der Waals surface area contributed by atoms with Gasteiger partial charge in [0.1, 0.15) is 22.8 Å². The number of hydrogen-bond donors (Lipinski definition) is 1. The Bertz CT molecular complexity index is 993. The van der Waals surface area contributed by atoms with E-state index in [1.807, 2.05) is 35.2 Å². The van der Waals surface area contributed by atoms with Crippen LogP contribution in [0.3, 0.4) is 0 Å². The van der Waals surface area contributed by atoms with Gasteiger partial charge in [0, 0.05) is 25.1 Å². The van der Waals surface area contributed by atoms with E-state index in [1.54, 1.807) is 25.4 Å². The third-order valence-electron chi connectivity index (χ3n) is 4.85. The van der Waals surface area contributed by atoms with Crippen LogP contribution >= 0.6 is 11.6 Å². The summed E-state index contributed by atoms with van der Waals surface area (Å²) >= 11 is 5.84. The topological polar surface area (TPSA) is 67.3 Å². The normalized spacial score (nSPS) is 16.8. The van der Waals surface area contributed by atoms with Crippen LogP contribution < -0.4 is 10.1 Å². The molecule has 1 amide bonds. The number of anilines is 2. The Hall–Kier alpha value is -2.86. The molecule has 0 unspecified atom stereocenters. The maximum Gasteiger partial charge on any atom is 0.219 e. The van der Waals surface area contributed by atoms with Gasteiger partial charge in [-0.3, -0.25) is 4.79 Å². The number of ether oxygens (including phenoxy) is 1. The highest BCUT2D eigenvalue weighted by atomic mass is 35.5. The van der Waals surface area contributed by atoms with Crippen molar-refractivity contribution in [3.63, 3.8) is 0 Å². The zero-order valence-electron chi connectivity index (χ0n) is 15.6. The number of piperidine rings is 1. The Morgan fingerprint density at radius 1 is 1.25 bits per heavy atom. The van der Waals surface area contributed by atoms with Gasteiger partial charge >= 0.3 is 0 Å². The Morgan fingerprint density at radius 2 is 2.14 bits per heavy atom. The maximum absolute atomic E-state index is 11.6. The number of fused-ring (bicyclic) bond motifs is 1. The number of benzene rings is 1. The van der Waals surface area contributed by atoms with E-state index in [2.05, 4.69) is 15.3 Å². The predicted molar refractivity (Wildman–Crippen MR) is 110 cm³/mol. The van der Waals surface area contributed by atoms with Gasteiger partial charge in [0.2, 0.25) is 5.91 Å². The fourth-order valence-corrected chi connectivity index (χ4v) is 3.54. The molecule has 1 aliphatic rings. The summed E-state index contributed by atoms with van der Waals surface area (Å²) in [7, 11) is 0. The highest BCUT2D eigenvalue weighted by Gasteiger charge is 2.22. The molecular weight excluding hydrogens is 376 g/mol. The highest BCUT2D eigenvalue weighted by Crippen LogP contribution is 2.29. The molecule has 0 radical (unpaired) electrons. The van der Waals surface area contributed by atoms with Gasteiger partial charge in [-0.05, 0) is 54.6 Å². The number of nitrogens with one attached hydrogen (secondary N) is 1. The number of pyridine rings is 2. The van der Waals surface area contributed by atoms with Gasteiger partial charge in [-0.2, -0.15) is 0 Å². The van der Waals surface area contributed by atoms with E-state index < -0.39 is 0 Å². The minimum Gasteiger partial charge on any atom is -0.489 e. The van der Waals surface area contributed by atoms with Crippen LogP contribution in [-0.4, -0.2) is 40.0 Å². The summed E-state index contributed by atoms with van der Waals surface area (Å²) in [6.45, 7) is 3.06. The van der Waals surface area contributed by atoms with Crippen molar-refractivity contribution in [2.45, 2.75) is 25.9 Å². The molecule has 1 atom stereocenters. The lowest BCUT2D eigenvalue weighted by molar-refractivity contribution is -0.131. The Kier molecular flexibility index (Phi) is 5.30. The van der Waals surface area contributed by atoms with Crippen molar-refractivity contribution in [3.05, 3.63) is 53.9 Å². The quantitative estimate of drug-likeness (QED) is 0.661. The molecule has 1 fully saturated rings. The standard InChI is InChI=1S/C21H21ClN4O2/c1-14(27)26-10-2-3-18(13-26)28-17-5-6-19-15(11-17)8-9-23-21(19)25-16-4-7-20(22)24-12-16/h4-9,11-12,18H,2-3,10,13H2,1H3,(H,23,25)/t18-/m0/s1. The summed E-state index contributed by atoms with van der Waals surface area (Å²) in [5, 5.41) is 5.73. The number of amides is 1. The average Bonchev–Trinajstić information content (AvgIpc) is 2.70. The molecule has 4 rings (SSSR count). The van der Waals surface area contributed by atoms with Gasteiger partial charge in [0.25, 0.3) is 0 Å². The molecule has 1 aliphatic heterocycles. The number of nitrogens with zero attached hydrogens (tertiary/aromatic N) is 3. The fourth-order valence-electron chi connectivity index (χ4n) is 3.43. The second kappa shape index (κ2) is 8.02. The van der Waals surface area contributed by atoms with Gasteiger partial charge in [-0.15, -0.1) is 0 Å². The van der Waals surface area contributed by atoms with Crippen LogP contribution in [-0.2, 0) is 4.79 Å². The molecule has 1 N–H and O–H groups in total. The third-order valence-corrected chi connectivity index (χ3v) is 5.08. The molecule has 2 aromatic heterocycles. The molecule has 0 bridgehead atoms. The number of hydrogen-bond acceptors (Lipinski definition) is 5. The number of aromatic nitrogens is 2. The monoisotopic (exact) mass is 396 g/mol. The van der Waals surface area contributed by atoms with Crippen LogP contribution in [0, 0.1) is 0 Å². The van der Waals surface area contributed by atoms with E-state index in [4.69, 9.17) is 16.3 Å². The van der Waals surface area contributed by atoms with Crippen LogP contribution in [0.4, 0.5) is 11.5 Å². The van der Waals surface area contributed by atoms with Crippen molar-refractivity contribution < 1.29 is 9.53 Å². The Balaban J connectivity index is 1.53. The molecule has 28 heavy (non-hydrogen) atoms. The minimum absolute atomic E-state index is 0.0228. The third kappa shape index (κ3) is 4.17. The zero-order chi connectivity index (χ0) is 19.5. The van der Waals surface area contributed by atoms with Crippen LogP contribution in [0.25, 0.3) is 10.8 Å². The number of carbonyl (C=O) groups is 1. The number of rotatable bonds is 4. The molecule has 6 nitrogen and oxygen atoms in total. The molecule has 1 saturated heterocycles. The highest BCUT2D eigenvalue weighted by molar-refractivity contribution is 6.29. The summed E-state index contributed by atoms with van der Waals surface area (Å²) in [6, 6.07) is 11.5. The van der Waals surface area contributed by atoms with Crippen molar-refractivity contribution >= 4 is 39.8 Å². The smallest absolute Gasteiger partial charge is 0.219 e. The average molecular weight is 397 g/mol. The lowest BCUT2D eigenvalue weighted by Gasteiger charge is -2.32. The fraction of sp³-hybridized carbons (Fsp3) is 0.286. The van der Waals surface area contributed by atoms with Crippen molar-refractivity contribution in [1.29, 1.82) is 0 Å². The van der Waals surface area contributed by atoms with Crippen LogP contribution in [0.15, 0.2) is 48.8 Å². The summed E-state index contributed by atoms with van der Waals surface area (Å²) in [5.41, 5.74) is 0.816. The molecule has 1 aromatic carbocycles. The molecular formula is C21H21ClN4O2. The molecule has 0 saturated carbocycles. The van der Waals surface area contributed by atoms with Crippen LogP contribution in [0.5, 0.6) is 5.75 Å². The van der Waals surface area contributed by atoms with Gasteiger partial charge in [0.05, 0.1) is 18.4 Å². The SMILES string of the molecule is CC(=O)N1CCC[C@H](Oc2ccc3c(Nc4ccc(Cl)nc4)nccc3c2)C1. The molecule has 3 heterocycles. The molecule has 0 aliphatic carbocycles. The molecule has 7 heteroatoms. The van der Waals surface area contributed by atoms with Gasteiger partial charge in [-0.1, -0.05) is 11.6 Å². The second-order valence-electron chi connectivity index (χ2n) is 6.88. The lowest BCUT2D eigenvalue weighted by atomic mass is 10.1. The summed E-state index contributed by atoms with van der Waals surface area (Å²) in [4.78, 5) is 22.0. The van der Waals surface area contributed by atoms with Crippen molar-refractivity contribution in [3.8, 4) is 5.75 Å². The van der Waals surface area contributed by atoms with E-state index in [1.165, 1.54) is 0 Å². The first-order chi connectivity index (χ1) is 13.6. The number of likely N-dealkylation sites (tertiary alicyclic amines) is 1. The molecule has 3 aromatic rings. The van der Waals surface area contributed by atoms with Crippen molar-refractivity contribution in [2.24, 2.45) is 0 Å². The number of carbonyl (C=O) groups excluding carboxylic acids is 1. The Morgan fingerprint density at radius 3 is 2.93 bits per heavy atom. The maximum atomic E-state index is 11.6. The molecule has 0 spiro atoms. The largest absolute Gasteiger partial charge is 0.489 e. The van der Waals surface area contributed by atoms with E-state index in [0.29, 0.717) is 11.7 Å². The van der Waals surface area contributed by atoms with Gasteiger partial charge in [0.15, 0.2) is 0 Å². The first-order valence-electron chi connectivity index (χ1n) is 9.28. The van der Waals surface area contributed by atoms with Gasteiger partial charge in [-0.25, -0.2) is 9.97 Å². The first kappa shape index (κ1) is 18.5. The van der Waals surface area contributed by atoms with Crippen LogP contribution in [0.2, 0.25) is 5.15 Å². The first-order valence-corrected chi connectivity index (χ1v) is 9.66. The van der Waals surface area contributed by atoms with E-state index in [9.17, 15) is 4.79 Å². The summed E-state index contributed by atoms with van der Waals surface area (Å²) in [5.74, 6) is 1.65. The lowest BCUT2D eigenvalue weighted by Crippen LogP contribution is -2.43. The minimum atomic E-state index is 0.0228. The summed E-state index contributed by atoms with van der Waals surface area (Å²) < 4.78 is 6.16. The van der Waals surface area contributed by atoms with E-state index in [-0.39, 0.29) is 12.0 Å². The van der Waals surface area contributed by atoms with E-state index in [0.717, 1.165) is 47.4 Å². The predicted octanol–water partition coefficient (Wildman–Crippen LogP) is 4.42. The second-order valence-corrected chi connectivity index (χ2v) is 7.27. The Labute approximate surface area is 168 Å². The van der Waals surface area contributed by atoms with Crippen LogP contribution in [0.1, 0.15) is 19.8 Å². The molecule has 144 valence electrons. The van der Waals surface area contributed by atoms with Crippen molar-refractivity contribution in [2.75, 3.05) is 18.4 Å². The summed E-state index contributed by atoms with van der Waals surface area (Å²) in [6.07, 6.45) is 5.37. The zero-order valence-corrected chi connectivity index (χ0v) is 16.3. The van der Waals surface area contributed by atoms with Gasteiger partial charge < -0.3 is 15.0 Å². The van der Waals surface area contributed by atoms with Crippen molar-refractivity contribution in [1.82, 2.24) is 14.9 Å². The number of halogens is 1.